The van der Waals surface area contributed by atoms with Gasteiger partial charge in [0, 0.05) is 11.8 Å². The third-order valence-corrected chi connectivity index (χ3v) is 2.82. The van der Waals surface area contributed by atoms with Crippen molar-refractivity contribution in [1.29, 1.82) is 0 Å². The van der Waals surface area contributed by atoms with E-state index in [1.54, 1.807) is 32.0 Å². The van der Waals surface area contributed by atoms with Crippen molar-refractivity contribution in [3.05, 3.63) is 57.5 Å². The van der Waals surface area contributed by atoms with Crippen LogP contribution in [0.5, 0.6) is 0 Å². The van der Waals surface area contributed by atoms with Crippen LogP contribution in [0.3, 0.4) is 0 Å². The molecule has 0 bridgehead atoms. The second-order valence-electron chi connectivity index (χ2n) is 4.36. The highest BCUT2D eigenvalue weighted by molar-refractivity contribution is 5.91. The summed E-state index contributed by atoms with van der Waals surface area (Å²) in [6, 6.07) is 6.44. The van der Waals surface area contributed by atoms with Crippen molar-refractivity contribution >= 4 is 5.91 Å². The molecule has 3 N–H and O–H groups in total. The van der Waals surface area contributed by atoms with E-state index in [2.05, 4.69) is 9.97 Å². The number of amides is 1. The third-order valence-electron chi connectivity index (χ3n) is 2.82. The van der Waals surface area contributed by atoms with Gasteiger partial charge in [0.2, 0.25) is 0 Å². The number of nitrogens with one attached hydrogen (secondary N) is 1. The zero-order valence-electron chi connectivity index (χ0n) is 11.3. The van der Waals surface area contributed by atoms with Crippen LogP contribution >= 0.6 is 0 Å². The summed E-state index contributed by atoms with van der Waals surface area (Å²) in [4.78, 5) is 31.8. The first-order chi connectivity index (χ1) is 9.51. The van der Waals surface area contributed by atoms with Gasteiger partial charge in [-0.1, -0.05) is 6.07 Å². The highest BCUT2D eigenvalue weighted by atomic mass is 16.2. The number of carbonyl (C=O) groups excluding carboxylic acids is 1. The average Bonchev–Trinajstić information content (AvgIpc) is 2.42. The number of hydrogen-bond donors (Lipinski definition) is 2. The van der Waals surface area contributed by atoms with Crippen molar-refractivity contribution in [3.8, 4) is 0 Å². The third kappa shape index (κ3) is 2.89. The lowest BCUT2D eigenvalue weighted by molar-refractivity contribution is 0.0948. The Hall–Kier alpha value is -2.54. The summed E-state index contributed by atoms with van der Waals surface area (Å²) in [5.41, 5.74) is 3.34. The van der Waals surface area contributed by atoms with Crippen LogP contribution in [-0.2, 0) is 6.54 Å². The predicted molar refractivity (Wildman–Crippen MR) is 73.0 cm³/mol. The summed E-state index contributed by atoms with van der Waals surface area (Å²) in [5.74, 6) is 5.20. The molecule has 0 saturated heterocycles. The quantitative estimate of drug-likeness (QED) is 0.462. The number of nitrogen functional groups attached to an aromatic ring is 1. The molecule has 7 heteroatoms. The fourth-order valence-corrected chi connectivity index (χ4v) is 1.89. The Labute approximate surface area is 115 Å². The van der Waals surface area contributed by atoms with Crippen LogP contribution < -0.4 is 16.8 Å². The summed E-state index contributed by atoms with van der Waals surface area (Å²) in [7, 11) is 0. The number of carbonyl (C=O) groups is 1. The maximum absolute atomic E-state index is 11.9. The molecular weight excluding hydrogens is 258 g/mol. The monoisotopic (exact) mass is 273 g/mol. The summed E-state index contributed by atoms with van der Waals surface area (Å²) in [5, 5.41) is 0. The van der Waals surface area contributed by atoms with Crippen molar-refractivity contribution in [1.82, 2.24) is 20.0 Å². The lowest BCUT2D eigenvalue weighted by Crippen LogP contribution is -2.31. The van der Waals surface area contributed by atoms with E-state index >= 15 is 0 Å². The summed E-state index contributed by atoms with van der Waals surface area (Å²) in [6.45, 7) is 3.78. The van der Waals surface area contributed by atoms with E-state index in [-0.39, 0.29) is 17.8 Å². The summed E-state index contributed by atoms with van der Waals surface area (Å²) < 4.78 is 1.50. The van der Waals surface area contributed by atoms with E-state index in [9.17, 15) is 9.59 Å². The van der Waals surface area contributed by atoms with Crippen molar-refractivity contribution in [2.24, 2.45) is 5.84 Å². The molecule has 0 aliphatic carbocycles. The number of aryl methyl sites for hydroxylation is 2. The van der Waals surface area contributed by atoms with E-state index in [1.807, 2.05) is 5.43 Å². The van der Waals surface area contributed by atoms with Crippen LogP contribution in [-0.4, -0.2) is 20.4 Å². The number of nitrogens with zero attached hydrogens (tertiary/aromatic N) is 3. The Bertz CT molecular complexity index is 708. The van der Waals surface area contributed by atoms with Crippen LogP contribution in [0.4, 0.5) is 0 Å². The molecule has 0 spiro atoms. The normalized spacial score (nSPS) is 10.3. The smallest absolute Gasteiger partial charge is 0.283 e. The van der Waals surface area contributed by atoms with E-state index in [4.69, 9.17) is 5.84 Å². The first-order valence-electron chi connectivity index (χ1n) is 6.03. The molecule has 2 aromatic rings. The number of pyridine rings is 1. The highest BCUT2D eigenvalue weighted by Crippen LogP contribution is 2.03. The minimum Gasteiger partial charge on any atom is -0.291 e. The van der Waals surface area contributed by atoms with Crippen LogP contribution in [0.15, 0.2) is 29.1 Å². The summed E-state index contributed by atoms with van der Waals surface area (Å²) >= 11 is 0. The topological polar surface area (TPSA) is 103 Å². The van der Waals surface area contributed by atoms with E-state index < -0.39 is 5.91 Å². The molecule has 0 aliphatic rings. The molecule has 20 heavy (non-hydrogen) atoms. The largest absolute Gasteiger partial charge is 0.291 e. The van der Waals surface area contributed by atoms with Gasteiger partial charge in [-0.2, -0.15) is 0 Å². The van der Waals surface area contributed by atoms with Crippen LogP contribution in [0.1, 0.15) is 27.7 Å². The molecule has 0 unspecified atom stereocenters. The van der Waals surface area contributed by atoms with Gasteiger partial charge in [-0.25, -0.2) is 15.8 Å². The maximum atomic E-state index is 11.9. The van der Waals surface area contributed by atoms with Gasteiger partial charge < -0.3 is 0 Å². The Morgan fingerprint density at radius 2 is 2.10 bits per heavy atom. The molecule has 2 rings (SSSR count). The zero-order chi connectivity index (χ0) is 14.7. The molecule has 7 nitrogen and oxygen atoms in total. The fraction of sp³-hybridized carbons (Fsp3) is 0.231. The SMILES string of the molecule is Cc1cc(=O)n(Cc2cccc(C(=O)NN)n2)c(C)n1. The van der Waals surface area contributed by atoms with Gasteiger partial charge in [0.05, 0.1) is 12.2 Å². The van der Waals surface area contributed by atoms with Crippen molar-refractivity contribution in [2.45, 2.75) is 20.4 Å². The fourth-order valence-electron chi connectivity index (χ4n) is 1.89. The molecular formula is C13H15N5O2. The standard InChI is InChI=1S/C13H15N5O2/c1-8-6-12(19)18(9(2)15-8)7-10-4-3-5-11(16-10)13(20)17-14/h3-6H,7,14H2,1-2H3,(H,17,20). The minimum absolute atomic E-state index is 0.148. The van der Waals surface area contributed by atoms with Crippen molar-refractivity contribution in [2.75, 3.05) is 0 Å². The van der Waals surface area contributed by atoms with Gasteiger partial charge in [-0.15, -0.1) is 0 Å². The number of hydrogen-bond acceptors (Lipinski definition) is 5. The Balaban J connectivity index is 2.36. The van der Waals surface area contributed by atoms with Gasteiger partial charge in [0.25, 0.3) is 11.5 Å². The molecule has 0 aromatic carbocycles. The molecule has 0 atom stereocenters. The number of nitrogens with two attached hydrogens (primary N) is 1. The first-order valence-corrected chi connectivity index (χ1v) is 6.03. The van der Waals surface area contributed by atoms with Gasteiger partial charge in [0.15, 0.2) is 0 Å². The lowest BCUT2D eigenvalue weighted by Gasteiger charge is -2.09. The highest BCUT2D eigenvalue weighted by Gasteiger charge is 2.08. The van der Waals surface area contributed by atoms with Crippen molar-refractivity contribution < 1.29 is 4.79 Å². The number of aromatic nitrogens is 3. The van der Waals surface area contributed by atoms with Gasteiger partial charge >= 0.3 is 0 Å². The van der Waals surface area contributed by atoms with Gasteiger partial charge in [-0.05, 0) is 26.0 Å². The summed E-state index contributed by atoms with van der Waals surface area (Å²) in [6.07, 6.45) is 0. The molecule has 104 valence electrons. The van der Waals surface area contributed by atoms with Crippen LogP contribution in [0.2, 0.25) is 0 Å². The van der Waals surface area contributed by atoms with Crippen molar-refractivity contribution in [3.63, 3.8) is 0 Å². The molecule has 0 radical (unpaired) electrons. The second-order valence-corrected chi connectivity index (χ2v) is 4.36. The average molecular weight is 273 g/mol. The van der Waals surface area contributed by atoms with Crippen LogP contribution in [0, 0.1) is 13.8 Å². The molecule has 2 heterocycles. The molecule has 1 amide bonds. The van der Waals surface area contributed by atoms with Gasteiger partial charge in [-0.3, -0.25) is 19.6 Å². The van der Waals surface area contributed by atoms with Crippen LogP contribution in [0.25, 0.3) is 0 Å². The Morgan fingerprint density at radius 3 is 2.75 bits per heavy atom. The second kappa shape index (κ2) is 5.62. The predicted octanol–water partition coefficient (Wildman–Crippen LogP) is -0.0931. The maximum Gasteiger partial charge on any atom is 0.283 e. The van der Waals surface area contributed by atoms with E-state index in [0.29, 0.717) is 17.2 Å². The zero-order valence-corrected chi connectivity index (χ0v) is 11.3. The Kier molecular flexibility index (Phi) is 3.90. The number of hydrazine groups is 1. The Morgan fingerprint density at radius 1 is 1.35 bits per heavy atom. The first kappa shape index (κ1) is 13.9. The van der Waals surface area contributed by atoms with E-state index in [1.165, 1.54) is 10.6 Å². The lowest BCUT2D eigenvalue weighted by atomic mass is 10.3. The molecule has 0 aliphatic heterocycles. The molecule has 0 fully saturated rings. The molecule has 2 aromatic heterocycles. The molecule has 0 saturated carbocycles. The van der Waals surface area contributed by atoms with Gasteiger partial charge in [0.1, 0.15) is 11.5 Å². The number of rotatable bonds is 3. The van der Waals surface area contributed by atoms with E-state index in [0.717, 1.165) is 0 Å². The minimum atomic E-state index is -0.474.